The predicted octanol–water partition coefficient (Wildman–Crippen LogP) is 2.01. The third kappa shape index (κ3) is 4.52. The van der Waals surface area contributed by atoms with Crippen molar-refractivity contribution in [2.45, 2.75) is 5.75 Å². The van der Waals surface area contributed by atoms with E-state index in [4.69, 9.17) is 5.73 Å². The first-order valence-corrected chi connectivity index (χ1v) is 6.02. The van der Waals surface area contributed by atoms with Gasteiger partial charge in [0.15, 0.2) is 0 Å². The van der Waals surface area contributed by atoms with Crippen LogP contribution in [0.1, 0.15) is 5.56 Å². The molecular formula is C9H10INOS. The van der Waals surface area contributed by atoms with Crippen LogP contribution in [-0.2, 0) is 10.5 Å². The van der Waals surface area contributed by atoms with Gasteiger partial charge >= 0.3 is 0 Å². The van der Waals surface area contributed by atoms with Crippen LogP contribution in [0.2, 0.25) is 0 Å². The van der Waals surface area contributed by atoms with Crippen molar-refractivity contribution in [2.24, 2.45) is 5.73 Å². The molecule has 0 saturated carbocycles. The van der Waals surface area contributed by atoms with Crippen molar-refractivity contribution < 1.29 is 4.79 Å². The van der Waals surface area contributed by atoms with Gasteiger partial charge in [-0.3, -0.25) is 4.79 Å². The van der Waals surface area contributed by atoms with Crippen LogP contribution in [0.5, 0.6) is 0 Å². The van der Waals surface area contributed by atoms with Crippen LogP contribution in [0.25, 0.3) is 0 Å². The van der Waals surface area contributed by atoms with Crippen LogP contribution < -0.4 is 5.73 Å². The topological polar surface area (TPSA) is 43.1 Å². The van der Waals surface area contributed by atoms with Crippen molar-refractivity contribution in [1.29, 1.82) is 0 Å². The maximum Gasteiger partial charge on any atom is 0.227 e. The summed E-state index contributed by atoms with van der Waals surface area (Å²) in [7, 11) is 0. The smallest absolute Gasteiger partial charge is 0.227 e. The molecule has 4 heteroatoms. The fourth-order valence-corrected chi connectivity index (χ4v) is 2.22. The summed E-state index contributed by atoms with van der Waals surface area (Å²) in [4.78, 5) is 10.5. The Hall–Kier alpha value is -0.230. The third-order valence-electron chi connectivity index (χ3n) is 1.40. The predicted molar refractivity (Wildman–Crippen MR) is 64.5 cm³/mol. The van der Waals surface area contributed by atoms with E-state index in [0.717, 1.165) is 5.75 Å². The molecule has 0 spiro atoms. The monoisotopic (exact) mass is 307 g/mol. The second-order valence-electron chi connectivity index (χ2n) is 2.59. The number of amides is 1. The van der Waals surface area contributed by atoms with Crippen molar-refractivity contribution in [2.75, 3.05) is 5.75 Å². The van der Waals surface area contributed by atoms with Gasteiger partial charge in [0.25, 0.3) is 0 Å². The quantitative estimate of drug-likeness (QED) is 0.865. The van der Waals surface area contributed by atoms with Gasteiger partial charge in [-0.05, 0) is 40.3 Å². The third-order valence-corrected chi connectivity index (χ3v) is 3.10. The fourth-order valence-electron chi connectivity index (χ4n) is 0.896. The lowest BCUT2D eigenvalue weighted by Crippen LogP contribution is -2.13. The highest BCUT2D eigenvalue weighted by Gasteiger charge is 1.97. The van der Waals surface area contributed by atoms with Crippen molar-refractivity contribution in [3.8, 4) is 0 Å². The normalized spacial score (nSPS) is 9.92. The van der Waals surface area contributed by atoms with E-state index in [1.807, 2.05) is 12.1 Å². The van der Waals surface area contributed by atoms with Crippen molar-refractivity contribution in [1.82, 2.24) is 0 Å². The molecule has 0 heterocycles. The number of hydrogen-bond donors (Lipinski definition) is 1. The molecule has 0 fully saturated rings. The second-order valence-corrected chi connectivity index (χ2v) is 4.82. The zero-order valence-corrected chi connectivity index (χ0v) is 9.97. The van der Waals surface area contributed by atoms with Gasteiger partial charge in [-0.25, -0.2) is 0 Å². The summed E-state index contributed by atoms with van der Waals surface area (Å²) in [6.45, 7) is 0. The molecule has 1 aromatic carbocycles. The number of rotatable bonds is 4. The molecule has 0 saturated heterocycles. The molecule has 0 bridgehead atoms. The fraction of sp³-hybridized carbons (Fsp3) is 0.222. The Balaban J connectivity index is 2.41. The van der Waals surface area contributed by atoms with E-state index in [1.54, 1.807) is 11.8 Å². The number of carbonyl (C=O) groups excluding carboxylic acids is 1. The molecule has 0 unspecified atom stereocenters. The number of halogens is 1. The molecule has 13 heavy (non-hydrogen) atoms. The number of nitrogens with two attached hydrogens (primary N) is 1. The Labute approximate surface area is 95.4 Å². The van der Waals surface area contributed by atoms with Gasteiger partial charge in [-0.15, -0.1) is 11.8 Å². The number of thioether (sulfide) groups is 1. The first-order valence-electron chi connectivity index (χ1n) is 3.79. The largest absolute Gasteiger partial charge is 0.369 e. The van der Waals surface area contributed by atoms with Crippen molar-refractivity contribution in [3.63, 3.8) is 0 Å². The van der Waals surface area contributed by atoms with Crippen LogP contribution in [0.3, 0.4) is 0 Å². The molecule has 1 aromatic rings. The molecule has 0 aliphatic heterocycles. The molecule has 2 N–H and O–H groups in total. The first kappa shape index (κ1) is 10.8. The van der Waals surface area contributed by atoms with Crippen molar-refractivity contribution in [3.05, 3.63) is 33.4 Å². The molecule has 1 rings (SSSR count). The second kappa shape index (κ2) is 5.49. The Kier molecular flexibility index (Phi) is 4.58. The number of benzene rings is 1. The maximum atomic E-state index is 10.5. The molecule has 70 valence electrons. The Morgan fingerprint density at radius 3 is 2.92 bits per heavy atom. The first-order chi connectivity index (χ1) is 6.18. The zero-order valence-electron chi connectivity index (χ0n) is 7.00. The van der Waals surface area contributed by atoms with Gasteiger partial charge < -0.3 is 5.73 Å². The van der Waals surface area contributed by atoms with Crippen LogP contribution in [0.4, 0.5) is 0 Å². The summed E-state index contributed by atoms with van der Waals surface area (Å²) >= 11 is 3.81. The van der Waals surface area contributed by atoms with E-state index >= 15 is 0 Å². The Bertz CT molecular complexity index is 303. The van der Waals surface area contributed by atoms with Crippen LogP contribution in [0.15, 0.2) is 24.3 Å². The summed E-state index contributed by atoms with van der Waals surface area (Å²) in [5, 5.41) is 0. The van der Waals surface area contributed by atoms with E-state index in [-0.39, 0.29) is 5.91 Å². The van der Waals surface area contributed by atoms with E-state index in [2.05, 4.69) is 34.7 Å². The number of hydrogen-bond acceptors (Lipinski definition) is 2. The summed E-state index contributed by atoms with van der Waals surface area (Å²) < 4.78 is 1.22. The average molecular weight is 307 g/mol. The van der Waals surface area contributed by atoms with Gasteiger partial charge in [0.1, 0.15) is 0 Å². The summed E-state index contributed by atoms with van der Waals surface area (Å²) in [5.41, 5.74) is 6.26. The van der Waals surface area contributed by atoms with Crippen LogP contribution in [0, 0.1) is 3.57 Å². The SMILES string of the molecule is NC(=O)CSCc1cccc(I)c1. The number of carbonyl (C=O) groups is 1. The highest BCUT2D eigenvalue weighted by Crippen LogP contribution is 2.14. The molecule has 0 aliphatic carbocycles. The highest BCUT2D eigenvalue weighted by molar-refractivity contribution is 14.1. The number of primary amides is 1. The Morgan fingerprint density at radius 1 is 1.54 bits per heavy atom. The van der Waals surface area contributed by atoms with Crippen LogP contribution >= 0.6 is 34.4 Å². The van der Waals surface area contributed by atoms with Gasteiger partial charge in [0.05, 0.1) is 5.75 Å². The molecule has 1 amide bonds. The summed E-state index contributed by atoms with van der Waals surface area (Å²) in [6, 6.07) is 8.22. The van der Waals surface area contributed by atoms with Gasteiger partial charge in [-0.1, -0.05) is 12.1 Å². The molecule has 2 nitrogen and oxygen atoms in total. The lowest BCUT2D eigenvalue weighted by molar-refractivity contribution is -0.115. The molecular weight excluding hydrogens is 297 g/mol. The summed E-state index contributed by atoms with van der Waals surface area (Å²) in [6.07, 6.45) is 0. The maximum absolute atomic E-state index is 10.5. The minimum absolute atomic E-state index is 0.254. The lowest BCUT2D eigenvalue weighted by Gasteiger charge is -1.99. The standard InChI is InChI=1S/C9H10INOS/c10-8-3-1-2-7(4-8)5-13-6-9(11)12/h1-4H,5-6H2,(H2,11,12). The van der Waals surface area contributed by atoms with E-state index < -0.39 is 0 Å². The highest BCUT2D eigenvalue weighted by atomic mass is 127. The minimum atomic E-state index is -0.254. The molecule has 0 radical (unpaired) electrons. The Morgan fingerprint density at radius 2 is 2.31 bits per heavy atom. The zero-order chi connectivity index (χ0) is 9.68. The lowest BCUT2D eigenvalue weighted by atomic mass is 10.2. The minimum Gasteiger partial charge on any atom is -0.369 e. The van der Waals surface area contributed by atoms with Gasteiger partial charge in [-0.2, -0.15) is 0 Å². The molecule has 0 aliphatic rings. The average Bonchev–Trinajstić information content (AvgIpc) is 2.03. The molecule has 0 atom stereocenters. The van der Waals surface area contributed by atoms with Gasteiger partial charge in [0.2, 0.25) is 5.91 Å². The molecule has 0 aromatic heterocycles. The van der Waals surface area contributed by atoms with E-state index in [1.165, 1.54) is 9.13 Å². The summed E-state index contributed by atoms with van der Waals surface area (Å²) in [5.74, 6) is 0.987. The van der Waals surface area contributed by atoms with Crippen LogP contribution in [-0.4, -0.2) is 11.7 Å². The van der Waals surface area contributed by atoms with Gasteiger partial charge in [0, 0.05) is 9.32 Å². The van der Waals surface area contributed by atoms with E-state index in [9.17, 15) is 4.79 Å². The van der Waals surface area contributed by atoms with Crippen molar-refractivity contribution >= 4 is 40.3 Å². The van der Waals surface area contributed by atoms with E-state index in [0.29, 0.717) is 5.75 Å².